The Morgan fingerprint density at radius 1 is 0.292 bits per heavy atom. The van der Waals surface area contributed by atoms with E-state index in [1.165, 1.54) is 63.3 Å². The zero-order chi connectivity index (χ0) is 99.0. The third kappa shape index (κ3) is 35.1. The molecular formula is C120H168O8S2. The zero-order valence-electron chi connectivity index (χ0n) is 87.6. The fourth-order valence-electron chi connectivity index (χ4n) is 14.9. The molecule has 0 saturated carbocycles. The molecule has 0 aliphatic rings. The Hall–Kier alpha value is -9.09. The molecule has 0 atom stereocenters. The second-order valence-corrected chi connectivity index (χ2v) is 45.4. The summed E-state index contributed by atoms with van der Waals surface area (Å²) >= 11 is 3.51. The van der Waals surface area contributed by atoms with Gasteiger partial charge in [0.15, 0.2) is 17.3 Å². The number of hydrogen-bond acceptors (Lipinski definition) is 10. The highest BCUT2D eigenvalue weighted by atomic mass is 32.2. The number of carbonyl (C=O) groups excluding carboxylic acids is 3. The summed E-state index contributed by atoms with van der Waals surface area (Å²) in [7, 11) is 0. The monoisotopic (exact) mass is 1800 g/mol. The van der Waals surface area contributed by atoms with E-state index in [2.05, 4.69) is 304 Å². The standard InChI is InChI=1S/C27H32O3.C22H30O2S.C18H30.C16H24O.C14H18O2.C12H18.C11H16S/c1-6-21-12-19(10-17(4)25(21)28)14-23-8-16(3)9-24(27(23)30)15-20-11-18(5)26(29)22(7-2)13-20;1-5-9-17-13-19(11-15(7-3)21(17)23)25-20-12-16(8-4)22(24)18(14-20)10-6-2;1-16(2,3)13-10-14(17(4,5)6)12-15(11-13)18(7,8)9;1-11(17)12-8-13(15(2,3)4)10-14(9-12)16(5,6)7;1-9(15)11-6-12(10(2)16)8-13(7-11)14(3,4)5;1-9(2)11-5-7-12(8-6-11)10(3)4;1-11(2,3)9-5-7-10(12-4)8-6-9/h8-13,28-30H,6-7,14-15H2,1-5H3;11-14,23-24H,5-10H2,1-4H3;10-12H,1-9H3;8-10H,1-7H3;6-8H,1-5H3;5-10H,1-4H3;5-8H,1-4H3. The first-order valence-corrected chi connectivity index (χ1v) is 49.6. The maximum atomic E-state index is 11.6. The van der Waals surface area contributed by atoms with Crippen LogP contribution in [0.5, 0.6) is 28.7 Å². The number of phenolic OH excluding ortho intramolecular Hbond substituents is 5. The van der Waals surface area contributed by atoms with E-state index < -0.39 is 0 Å². The Morgan fingerprint density at radius 3 is 0.800 bits per heavy atom. The summed E-state index contributed by atoms with van der Waals surface area (Å²) in [4.78, 5) is 38.0. The van der Waals surface area contributed by atoms with Crippen LogP contribution in [0.3, 0.4) is 0 Å². The molecule has 0 unspecified atom stereocenters. The Kier molecular flexibility index (Phi) is 42.7. The predicted octanol–water partition coefficient (Wildman–Crippen LogP) is 33.4. The van der Waals surface area contributed by atoms with Crippen LogP contribution in [0.25, 0.3) is 0 Å². The maximum absolute atomic E-state index is 11.6. The summed E-state index contributed by atoms with van der Waals surface area (Å²) in [5, 5.41) is 52.3. The molecule has 0 aliphatic carbocycles. The number of hydrogen-bond donors (Lipinski definition) is 5. The molecule has 10 aromatic rings. The maximum Gasteiger partial charge on any atom is 0.159 e. The van der Waals surface area contributed by atoms with Gasteiger partial charge in [0.25, 0.3) is 0 Å². The Labute approximate surface area is 798 Å². The van der Waals surface area contributed by atoms with Crippen molar-refractivity contribution in [1.82, 2.24) is 0 Å². The van der Waals surface area contributed by atoms with Crippen LogP contribution in [-0.2, 0) is 89.3 Å². The fourth-order valence-corrected chi connectivity index (χ4v) is 16.4. The van der Waals surface area contributed by atoms with E-state index in [0.717, 1.165) is 145 Å². The first-order chi connectivity index (χ1) is 59.9. The zero-order valence-corrected chi connectivity index (χ0v) is 89.2. The minimum Gasteiger partial charge on any atom is -0.507 e. The molecule has 0 fully saturated rings. The van der Waals surface area contributed by atoms with Crippen LogP contribution in [0.1, 0.15) is 414 Å². The van der Waals surface area contributed by atoms with Crippen LogP contribution in [0.15, 0.2) is 178 Å². The minimum absolute atomic E-state index is 0.00593. The molecule has 0 spiro atoms. The number of aryl methyl sites for hydroxylation is 9. The average Bonchev–Trinajstić information content (AvgIpc) is 0.778. The summed E-state index contributed by atoms with van der Waals surface area (Å²) < 4.78 is 0. The number of benzene rings is 10. The Morgan fingerprint density at radius 2 is 0.546 bits per heavy atom. The largest absolute Gasteiger partial charge is 0.507 e. The highest BCUT2D eigenvalue weighted by molar-refractivity contribution is 7.99. The smallest absolute Gasteiger partial charge is 0.159 e. The van der Waals surface area contributed by atoms with Crippen LogP contribution < -0.4 is 0 Å². The van der Waals surface area contributed by atoms with Gasteiger partial charge in [-0.25, -0.2) is 0 Å². The summed E-state index contributed by atoms with van der Waals surface area (Å²) in [6.07, 6.45) is 10.3. The summed E-state index contributed by atoms with van der Waals surface area (Å²) in [6, 6.07) is 57.1. The number of rotatable bonds is 20. The molecule has 5 N–H and O–H groups in total. The van der Waals surface area contributed by atoms with Crippen LogP contribution in [0, 0.1) is 20.8 Å². The Bertz CT molecular complexity index is 5050. The fraction of sp³-hybridized carbons (Fsp3) is 0.475. The van der Waals surface area contributed by atoms with Gasteiger partial charge < -0.3 is 25.5 Å². The van der Waals surface area contributed by atoms with Gasteiger partial charge in [-0.2, -0.15) is 0 Å². The lowest BCUT2D eigenvalue weighted by atomic mass is 9.76. The molecule has 10 rings (SSSR count). The predicted molar refractivity (Wildman–Crippen MR) is 563 cm³/mol. The van der Waals surface area contributed by atoms with Crippen molar-refractivity contribution in [3.8, 4) is 28.7 Å². The molecule has 10 heteroatoms. The minimum atomic E-state index is -0.0599. The van der Waals surface area contributed by atoms with Gasteiger partial charge in [0.1, 0.15) is 28.7 Å². The van der Waals surface area contributed by atoms with Gasteiger partial charge in [0.2, 0.25) is 0 Å². The summed E-state index contributed by atoms with van der Waals surface area (Å²) in [5.41, 5.74) is 27.9. The van der Waals surface area contributed by atoms with Gasteiger partial charge in [-0.3, -0.25) is 14.4 Å². The van der Waals surface area contributed by atoms with Crippen LogP contribution in [-0.4, -0.2) is 49.1 Å². The van der Waals surface area contributed by atoms with Crippen LogP contribution >= 0.6 is 23.5 Å². The van der Waals surface area contributed by atoms with Gasteiger partial charge in [0, 0.05) is 44.2 Å². The lowest BCUT2D eigenvalue weighted by molar-refractivity contribution is 0.100. The molecule has 0 radical (unpaired) electrons. The molecule has 0 heterocycles. The van der Waals surface area contributed by atoms with E-state index in [1.54, 1.807) is 36.5 Å². The second-order valence-electron chi connectivity index (χ2n) is 43.3. The lowest BCUT2D eigenvalue weighted by Crippen LogP contribution is -2.20. The van der Waals surface area contributed by atoms with Gasteiger partial charge in [-0.15, -0.1) is 11.8 Å². The van der Waals surface area contributed by atoms with Crippen LogP contribution in [0.2, 0.25) is 0 Å². The molecule has 0 bridgehead atoms. The van der Waals surface area contributed by atoms with Crippen LogP contribution in [0.4, 0.5) is 0 Å². The Balaban J connectivity index is 0.000000325. The number of aromatic hydroxyl groups is 5. The lowest BCUT2D eigenvalue weighted by Gasteiger charge is -2.29. The number of thioether (sulfide) groups is 1. The molecule has 0 saturated heterocycles. The van der Waals surface area contributed by atoms with Gasteiger partial charge >= 0.3 is 0 Å². The van der Waals surface area contributed by atoms with Crippen molar-refractivity contribution in [2.45, 2.75) is 385 Å². The molecule has 130 heavy (non-hydrogen) atoms. The van der Waals surface area contributed by atoms with Gasteiger partial charge in [-0.05, 0) is 320 Å². The molecular weight excluding hydrogens is 1630 g/mol. The van der Waals surface area contributed by atoms with Crippen molar-refractivity contribution < 1.29 is 39.9 Å². The van der Waals surface area contributed by atoms with E-state index in [9.17, 15) is 39.9 Å². The third-order valence-electron chi connectivity index (χ3n) is 23.8. The molecule has 10 aromatic carbocycles. The summed E-state index contributed by atoms with van der Waals surface area (Å²) in [5.74, 6) is 3.39. The molecule has 0 amide bonds. The first kappa shape index (κ1) is 113. The second kappa shape index (κ2) is 49.1. The van der Waals surface area contributed by atoms with Crippen molar-refractivity contribution >= 4 is 40.9 Å². The van der Waals surface area contributed by atoms with E-state index in [-0.39, 0.29) is 55.3 Å². The van der Waals surface area contributed by atoms with E-state index in [1.807, 2.05) is 95.3 Å². The number of phenols is 5. The van der Waals surface area contributed by atoms with E-state index in [0.29, 0.717) is 64.6 Å². The molecule has 0 aromatic heterocycles. The average molecular weight is 1800 g/mol. The van der Waals surface area contributed by atoms with E-state index >= 15 is 0 Å². The van der Waals surface area contributed by atoms with Crippen molar-refractivity contribution in [1.29, 1.82) is 0 Å². The van der Waals surface area contributed by atoms with E-state index in [4.69, 9.17) is 0 Å². The first-order valence-electron chi connectivity index (χ1n) is 47.5. The third-order valence-corrected chi connectivity index (χ3v) is 25.5. The number of ketones is 3. The molecule has 708 valence electrons. The number of Topliss-reactive ketones (excluding diaryl/α,β-unsaturated/α-hetero) is 3. The van der Waals surface area contributed by atoms with Crippen molar-refractivity contribution in [2.75, 3.05) is 6.26 Å². The summed E-state index contributed by atoms with van der Waals surface area (Å²) in [6.45, 7) is 78.6. The topological polar surface area (TPSA) is 152 Å². The highest BCUT2D eigenvalue weighted by Gasteiger charge is 2.27. The van der Waals surface area contributed by atoms with Crippen molar-refractivity contribution in [2.24, 2.45) is 0 Å². The molecule has 8 nitrogen and oxygen atoms in total. The molecule has 0 aliphatic heterocycles. The SMILES string of the molecule is CC(=O)c1cc(C(C)(C)C)cc(C(C)(C)C)c1.CC(=O)c1cc(C(C)=O)cc(C(C)(C)C)c1.CC(C)(C)c1cc(C(C)(C)C)cc(C(C)(C)C)c1.CC(C)c1ccc(C(C)C)cc1.CCCc1cc(Sc2cc(CC)c(O)c(CCC)c2)cc(CC)c1O.CCc1cc(Cc2cc(C)cc(Cc3cc(C)c(O)c(CC)c3)c2O)cc(C)c1O.CSc1ccc(C(C)(C)C)cc1. The van der Waals surface area contributed by atoms with Crippen molar-refractivity contribution in [3.63, 3.8) is 0 Å². The van der Waals surface area contributed by atoms with Crippen molar-refractivity contribution in [3.05, 3.63) is 303 Å². The highest BCUT2D eigenvalue weighted by Crippen LogP contribution is 2.41. The van der Waals surface area contributed by atoms with Gasteiger partial charge in [-0.1, -0.05) is 342 Å². The van der Waals surface area contributed by atoms with Gasteiger partial charge in [0.05, 0.1) is 0 Å². The normalized spacial score (nSPS) is 11.8. The number of carbonyl (C=O) groups is 3. The quantitative estimate of drug-likeness (QED) is 0.0368.